The normalized spacial score (nSPS) is 12.7. The molecule has 0 N–H and O–H groups in total. The van der Waals surface area contributed by atoms with Gasteiger partial charge in [-0.25, -0.2) is 0 Å². The summed E-state index contributed by atoms with van der Waals surface area (Å²) in [5, 5.41) is 2.90. The summed E-state index contributed by atoms with van der Waals surface area (Å²) in [6.45, 7) is 1.90. The minimum Gasteiger partial charge on any atom is -0.303 e. The number of carbonyl (C=O) groups is 1. The van der Waals surface area contributed by atoms with E-state index in [0.717, 1.165) is 27.6 Å². The molecule has 1 unspecified atom stereocenters. The van der Waals surface area contributed by atoms with Crippen molar-refractivity contribution in [2.75, 3.05) is 0 Å². The second-order valence-electron chi connectivity index (χ2n) is 3.64. The summed E-state index contributed by atoms with van der Waals surface area (Å²) in [4.78, 5) is 10.8. The molecular weight excluding hydrogens is 208 g/mol. The van der Waals surface area contributed by atoms with E-state index in [2.05, 4.69) is 0 Å². The van der Waals surface area contributed by atoms with E-state index in [9.17, 15) is 4.79 Å². The maximum atomic E-state index is 10.8. The van der Waals surface area contributed by atoms with Crippen LogP contribution < -0.4 is 0 Å². The Morgan fingerprint density at radius 2 is 2.07 bits per heavy atom. The number of fused-ring (bicyclic) bond motifs is 1. The van der Waals surface area contributed by atoms with Crippen LogP contribution in [0.3, 0.4) is 0 Å². The quantitative estimate of drug-likeness (QED) is 0.701. The van der Waals surface area contributed by atoms with E-state index in [1.165, 1.54) is 0 Å². The van der Waals surface area contributed by atoms with Gasteiger partial charge in [0.2, 0.25) is 0 Å². The molecule has 0 aromatic heterocycles. The summed E-state index contributed by atoms with van der Waals surface area (Å²) >= 11 is 5.91. The van der Waals surface area contributed by atoms with Gasteiger partial charge in [0.05, 0.1) is 0 Å². The molecule has 0 aliphatic heterocycles. The largest absolute Gasteiger partial charge is 0.303 e. The first-order valence-electron chi connectivity index (χ1n) is 4.86. The predicted octanol–water partition coefficient (Wildman–Crippen LogP) is 3.80. The summed E-state index contributed by atoms with van der Waals surface area (Å²) in [5.74, 6) is -0.0742. The number of hydrogen-bond acceptors (Lipinski definition) is 1. The fourth-order valence-electron chi connectivity index (χ4n) is 1.75. The summed E-state index contributed by atoms with van der Waals surface area (Å²) < 4.78 is 0. The van der Waals surface area contributed by atoms with Crippen LogP contribution in [0.1, 0.15) is 18.4 Å². The summed E-state index contributed by atoms with van der Waals surface area (Å²) in [6, 6.07) is 11.7. The molecule has 15 heavy (non-hydrogen) atoms. The van der Waals surface area contributed by atoms with Crippen LogP contribution in [-0.2, 0) is 4.79 Å². The highest BCUT2D eigenvalue weighted by Crippen LogP contribution is 2.26. The van der Waals surface area contributed by atoms with Gasteiger partial charge in [0.1, 0.15) is 6.29 Å². The van der Waals surface area contributed by atoms with Crippen molar-refractivity contribution in [2.45, 2.75) is 12.8 Å². The number of carbonyl (C=O) groups excluding carboxylic acids is 1. The van der Waals surface area contributed by atoms with Gasteiger partial charge in [-0.05, 0) is 28.5 Å². The maximum Gasteiger partial charge on any atom is 0.127 e. The van der Waals surface area contributed by atoms with Crippen LogP contribution in [0.2, 0.25) is 5.02 Å². The second kappa shape index (κ2) is 4.03. The van der Waals surface area contributed by atoms with E-state index < -0.39 is 0 Å². The smallest absolute Gasteiger partial charge is 0.127 e. The molecule has 0 aliphatic rings. The predicted molar refractivity (Wildman–Crippen MR) is 63.4 cm³/mol. The van der Waals surface area contributed by atoms with Gasteiger partial charge >= 0.3 is 0 Å². The lowest BCUT2D eigenvalue weighted by atomic mass is 9.96. The highest BCUT2D eigenvalue weighted by molar-refractivity contribution is 6.31. The summed E-state index contributed by atoms with van der Waals surface area (Å²) in [7, 11) is 0. The Hall–Kier alpha value is -1.34. The van der Waals surface area contributed by atoms with Crippen molar-refractivity contribution in [1.82, 2.24) is 0 Å². The van der Waals surface area contributed by atoms with Crippen molar-refractivity contribution in [2.24, 2.45) is 0 Å². The Morgan fingerprint density at radius 1 is 1.27 bits per heavy atom. The van der Waals surface area contributed by atoms with E-state index in [4.69, 9.17) is 11.6 Å². The molecule has 76 valence electrons. The van der Waals surface area contributed by atoms with Crippen LogP contribution in [0.25, 0.3) is 10.8 Å². The van der Waals surface area contributed by atoms with Crippen molar-refractivity contribution in [3.63, 3.8) is 0 Å². The molecule has 0 spiro atoms. The number of aldehydes is 1. The standard InChI is InChI=1S/C13H11ClO/c1-9(8-15)12-4-2-3-10-7-11(14)5-6-13(10)12/h2-9H,1H3. The van der Waals surface area contributed by atoms with Crippen LogP contribution in [0.4, 0.5) is 0 Å². The molecule has 0 aliphatic carbocycles. The Morgan fingerprint density at radius 3 is 2.80 bits per heavy atom. The average Bonchev–Trinajstić information content (AvgIpc) is 2.26. The third-order valence-corrected chi connectivity index (χ3v) is 2.81. The molecule has 0 amide bonds. The van der Waals surface area contributed by atoms with E-state index in [0.29, 0.717) is 0 Å². The van der Waals surface area contributed by atoms with E-state index in [-0.39, 0.29) is 5.92 Å². The van der Waals surface area contributed by atoms with Crippen molar-refractivity contribution >= 4 is 28.7 Å². The molecule has 0 radical (unpaired) electrons. The zero-order valence-electron chi connectivity index (χ0n) is 8.41. The minimum atomic E-state index is -0.0742. The van der Waals surface area contributed by atoms with Crippen LogP contribution in [-0.4, -0.2) is 6.29 Å². The Kier molecular flexibility index (Phi) is 2.74. The third-order valence-electron chi connectivity index (χ3n) is 2.57. The first kappa shape index (κ1) is 10.2. The molecule has 2 rings (SSSR count). The first-order chi connectivity index (χ1) is 7.22. The lowest BCUT2D eigenvalue weighted by Gasteiger charge is -2.08. The molecule has 2 aromatic rings. The van der Waals surface area contributed by atoms with Crippen LogP contribution in [0, 0.1) is 0 Å². The summed E-state index contributed by atoms with van der Waals surface area (Å²) in [5.41, 5.74) is 1.05. The zero-order chi connectivity index (χ0) is 10.8. The van der Waals surface area contributed by atoms with E-state index >= 15 is 0 Å². The maximum absolute atomic E-state index is 10.8. The van der Waals surface area contributed by atoms with Gasteiger partial charge in [0.25, 0.3) is 0 Å². The van der Waals surface area contributed by atoms with Crippen molar-refractivity contribution in [3.05, 3.63) is 47.0 Å². The number of rotatable bonds is 2. The molecule has 1 nitrogen and oxygen atoms in total. The van der Waals surface area contributed by atoms with Gasteiger partial charge in [-0.15, -0.1) is 0 Å². The van der Waals surface area contributed by atoms with Crippen LogP contribution in [0.5, 0.6) is 0 Å². The minimum absolute atomic E-state index is 0.0742. The molecule has 0 fully saturated rings. The zero-order valence-corrected chi connectivity index (χ0v) is 9.16. The third kappa shape index (κ3) is 1.88. The fourth-order valence-corrected chi connectivity index (χ4v) is 1.93. The Bertz CT molecular complexity index is 505. The Balaban J connectivity index is 2.71. The number of hydrogen-bond donors (Lipinski definition) is 0. The van der Waals surface area contributed by atoms with Gasteiger partial charge in [-0.2, -0.15) is 0 Å². The monoisotopic (exact) mass is 218 g/mol. The van der Waals surface area contributed by atoms with Gasteiger partial charge in [-0.3, -0.25) is 0 Å². The molecular formula is C13H11ClO. The average molecular weight is 219 g/mol. The van der Waals surface area contributed by atoms with Crippen molar-refractivity contribution in [1.29, 1.82) is 0 Å². The molecule has 0 heterocycles. The highest BCUT2D eigenvalue weighted by Gasteiger charge is 2.07. The van der Waals surface area contributed by atoms with Gasteiger partial charge < -0.3 is 4.79 Å². The molecule has 0 bridgehead atoms. The molecule has 0 saturated heterocycles. The van der Waals surface area contributed by atoms with Crippen LogP contribution in [0.15, 0.2) is 36.4 Å². The Labute approximate surface area is 93.7 Å². The van der Waals surface area contributed by atoms with Gasteiger partial charge in [0.15, 0.2) is 0 Å². The fraction of sp³-hybridized carbons (Fsp3) is 0.154. The summed E-state index contributed by atoms with van der Waals surface area (Å²) in [6.07, 6.45) is 0.962. The highest BCUT2D eigenvalue weighted by atomic mass is 35.5. The molecule has 0 saturated carbocycles. The first-order valence-corrected chi connectivity index (χ1v) is 5.23. The molecule has 2 aromatic carbocycles. The second-order valence-corrected chi connectivity index (χ2v) is 4.07. The van der Waals surface area contributed by atoms with E-state index in [1.807, 2.05) is 43.3 Å². The number of halogens is 1. The molecule has 2 heteroatoms. The van der Waals surface area contributed by atoms with Gasteiger partial charge in [-0.1, -0.05) is 42.8 Å². The lowest BCUT2D eigenvalue weighted by Crippen LogP contribution is -1.95. The van der Waals surface area contributed by atoms with Crippen LogP contribution >= 0.6 is 11.6 Å². The van der Waals surface area contributed by atoms with Crippen molar-refractivity contribution < 1.29 is 4.79 Å². The van der Waals surface area contributed by atoms with Crippen molar-refractivity contribution in [3.8, 4) is 0 Å². The van der Waals surface area contributed by atoms with Gasteiger partial charge in [0, 0.05) is 10.9 Å². The lowest BCUT2D eigenvalue weighted by molar-refractivity contribution is -0.108. The topological polar surface area (TPSA) is 17.1 Å². The molecule has 1 atom stereocenters. The van der Waals surface area contributed by atoms with E-state index in [1.54, 1.807) is 0 Å². The SMILES string of the molecule is CC(C=O)c1cccc2cc(Cl)ccc12. The number of benzene rings is 2.